The summed E-state index contributed by atoms with van der Waals surface area (Å²) in [4.78, 5) is 0. The third kappa shape index (κ3) is 2.17. The summed E-state index contributed by atoms with van der Waals surface area (Å²) in [5.74, 6) is 0. The zero-order valence-corrected chi connectivity index (χ0v) is 14.1. The Balaban J connectivity index is 1.33. The molecule has 3 aliphatic heterocycles. The molecule has 1 aliphatic carbocycles. The van der Waals surface area contributed by atoms with Crippen LogP contribution in [0.1, 0.15) is 38.5 Å². The van der Waals surface area contributed by atoms with Crippen LogP contribution in [-0.2, 0) is 0 Å². The van der Waals surface area contributed by atoms with Crippen LogP contribution < -0.4 is 11.1 Å². The fourth-order valence-electron chi connectivity index (χ4n) is 5.81. The fraction of sp³-hybridized carbons (Fsp3) is 1.00. The fourth-order valence-corrected chi connectivity index (χ4v) is 11.5. The molecule has 0 radical (unpaired) electrons. The Morgan fingerprint density at radius 1 is 1.00 bits per heavy atom. The summed E-state index contributed by atoms with van der Waals surface area (Å²) in [6.07, 6.45) is 11.5. The van der Waals surface area contributed by atoms with Crippen LogP contribution in [0.4, 0.5) is 0 Å². The van der Waals surface area contributed by atoms with E-state index in [-0.39, 0.29) is 0 Å². The third-order valence-corrected chi connectivity index (χ3v) is 11.9. The van der Waals surface area contributed by atoms with Crippen molar-refractivity contribution in [2.45, 2.75) is 44.6 Å². The van der Waals surface area contributed by atoms with Gasteiger partial charge in [0.25, 0.3) is 0 Å². The van der Waals surface area contributed by atoms with Crippen molar-refractivity contribution in [2.75, 3.05) is 45.2 Å². The third-order valence-electron chi connectivity index (χ3n) is 7.08. The number of hydrogen-bond donors (Lipinski definition) is 2. The van der Waals surface area contributed by atoms with Gasteiger partial charge in [0.2, 0.25) is 0 Å². The molecule has 0 aromatic rings. The monoisotopic (exact) mass is 297 g/mol. The number of nitrogens with one attached hydrogen (secondary N) is 1. The summed E-state index contributed by atoms with van der Waals surface area (Å²) in [5.41, 5.74) is 7.54. The van der Waals surface area contributed by atoms with E-state index in [0.29, 0.717) is 11.5 Å². The molecule has 1 saturated carbocycles. The van der Waals surface area contributed by atoms with Crippen LogP contribution in [0, 0.1) is 10.8 Å². The Hall–Kier alpha value is 0.310. The van der Waals surface area contributed by atoms with Crippen molar-refractivity contribution in [1.82, 2.24) is 9.99 Å². The van der Waals surface area contributed by atoms with Gasteiger partial charge >= 0.3 is 124 Å². The Labute approximate surface area is 124 Å². The van der Waals surface area contributed by atoms with Crippen LogP contribution in [0.2, 0.25) is 0 Å². The molecular formula is C16H32N3P. The van der Waals surface area contributed by atoms with E-state index in [4.69, 9.17) is 5.73 Å². The molecule has 4 rings (SSSR count). The summed E-state index contributed by atoms with van der Waals surface area (Å²) >= 11 is 0. The van der Waals surface area contributed by atoms with E-state index in [1.165, 1.54) is 64.7 Å². The normalized spacial score (nSPS) is 37.3. The summed E-state index contributed by atoms with van der Waals surface area (Å²) in [6.45, 7) is 8.06. The van der Waals surface area contributed by atoms with Gasteiger partial charge in [0.15, 0.2) is 0 Å². The van der Waals surface area contributed by atoms with E-state index in [9.17, 15) is 0 Å². The van der Waals surface area contributed by atoms with Crippen LogP contribution >= 0.6 is 7.41 Å². The Morgan fingerprint density at radius 3 is 2.20 bits per heavy atom. The number of nitrogens with two attached hydrogens (primary N) is 1. The van der Waals surface area contributed by atoms with Gasteiger partial charge in [-0.25, -0.2) is 0 Å². The van der Waals surface area contributed by atoms with Gasteiger partial charge in [0.05, 0.1) is 0 Å². The average molecular weight is 297 g/mol. The summed E-state index contributed by atoms with van der Waals surface area (Å²) < 4.78 is 2.96. The minimum atomic E-state index is -1.03. The van der Waals surface area contributed by atoms with E-state index in [2.05, 4.69) is 16.7 Å². The SMILES string of the molecule is C[PH]1(N2CC3(CCC(N)CC3)C2)CC2(CCNCC2)C1. The van der Waals surface area contributed by atoms with Crippen LogP contribution in [0.25, 0.3) is 0 Å². The summed E-state index contributed by atoms with van der Waals surface area (Å²) in [7, 11) is -1.03. The van der Waals surface area contributed by atoms with Crippen molar-refractivity contribution in [3.63, 3.8) is 0 Å². The molecular weight excluding hydrogens is 265 g/mol. The second-order valence-electron chi connectivity index (χ2n) is 8.79. The first-order chi connectivity index (χ1) is 9.53. The standard InChI is InChI=1S/C16H32N3P/c1-20(12-16(13-20)6-8-18-9-7-16)19-10-15(11-19)4-2-14(17)3-5-15/h14,18,20H,2-13,17H2,1H3. The molecule has 4 aliphatic rings. The first-order valence-electron chi connectivity index (χ1n) is 8.75. The molecule has 0 aromatic carbocycles. The second kappa shape index (κ2) is 4.65. The van der Waals surface area contributed by atoms with E-state index in [1.807, 2.05) is 0 Å². The quantitative estimate of drug-likeness (QED) is 0.726. The van der Waals surface area contributed by atoms with Gasteiger partial charge in [-0.2, -0.15) is 0 Å². The van der Waals surface area contributed by atoms with Gasteiger partial charge in [0.1, 0.15) is 0 Å². The van der Waals surface area contributed by atoms with Gasteiger partial charge in [0, 0.05) is 0 Å². The predicted molar refractivity (Wildman–Crippen MR) is 89.0 cm³/mol. The van der Waals surface area contributed by atoms with Crippen molar-refractivity contribution in [2.24, 2.45) is 16.6 Å². The van der Waals surface area contributed by atoms with Crippen molar-refractivity contribution >= 4 is 7.41 Å². The Morgan fingerprint density at radius 2 is 1.60 bits per heavy atom. The van der Waals surface area contributed by atoms with E-state index < -0.39 is 7.41 Å². The number of rotatable bonds is 1. The molecule has 2 spiro atoms. The summed E-state index contributed by atoms with van der Waals surface area (Å²) in [5, 5.41) is 3.53. The molecule has 0 aromatic heterocycles. The van der Waals surface area contributed by atoms with Gasteiger partial charge in [-0.05, 0) is 0 Å². The molecule has 0 atom stereocenters. The zero-order chi connectivity index (χ0) is 13.8. The maximum absolute atomic E-state index is 6.07. The first-order valence-corrected chi connectivity index (χ1v) is 11.6. The molecule has 3 nitrogen and oxygen atoms in total. The van der Waals surface area contributed by atoms with E-state index >= 15 is 0 Å². The van der Waals surface area contributed by atoms with Crippen molar-refractivity contribution in [3.8, 4) is 0 Å². The van der Waals surface area contributed by atoms with Crippen molar-refractivity contribution in [3.05, 3.63) is 0 Å². The molecule has 3 heterocycles. The topological polar surface area (TPSA) is 41.3 Å². The minimum absolute atomic E-state index is 0.504. The Kier molecular flexibility index (Phi) is 3.24. The molecule has 0 unspecified atom stereocenters. The summed E-state index contributed by atoms with van der Waals surface area (Å²) in [6, 6.07) is 0.504. The van der Waals surface area contributed by atoms with Crippen LogP contribution in [0.5, 0.6) is 0 Å². The van der Waals surface area contributed by atoms with Gasteiger partial charge in [-0.3, -0.25) is 0 Å². The average Bonchev–Trinajstić information content (AvgIpc) is 2.37. The molecule has 3 N–H and O–H groups in total. The molecule has 4 fully saturated rings. The molecule has 3 saturated heterocycles. The van der Waals surface area contributed by atoms with Gasteiger partial charge in [-0.15, -0.1) is 0 Å². The molecule has 0 amide bonds. The number of nitrogens with zero attached hydrogens (tertiary/aromatic N) is 1. The maximum atomic E-state index is 6.07. The van der Waals surface area contributed by atoms with Crippen LogP contribution in [0.3, 0.4) is 0 Å². The molecule has 4 heteroatoms. The van der Waals surface area contributed by atoms with Crippen LogP contribution in [0.15, 0.2) is 0 Å². The van der Waals surface area contributed by atoms with E-state index in [0.717, 1.165) is 5.41 Å². The number of piperidine rings is 1. The Bertz CT molecular complexity index is 367. The zero-order valence-electron chi connectivity index (χ0n) is 13.1. The van der Waals surface area contributed by atoms with Crippen molar-refractivity contribution in [1.29, 1.82) is 0 Å². The van der Waals surface area contributed by atoms with Gasteiger partial charge < -0.3 is 0 Å². The molecule has 20 heavy (non-hydrogen) atoms. The van der Waals surface area contributed by atoms with Crippen LogP contribution in [-0.4, -0.2) is 55.9 Å². The van der Waals surface area contributed by atoms with Crippen molar-refractivity contribution < 1.29 is 0 Å². The van der Waals surface area contributed by atoms with Gasteiger partial charge in [-0.1, -0.05) is 0 Å². The first kappa shape index (κ1) is 13.9. The molecule has 0 bridgehead atoms. The second-order valence-corrected chi connectivity index (χ2v) is 13.1. The predicted octanol–water partition coefficient (Wildman–Crippen LogP) is 1.87. The number of hydrogen-bond acceptors (Lipinski definition) is 3. The van der Waals surface area contributed by atoms with E-state index in [1.54, 1.807) is 12.3 Å². The molecule has 116 valence electrons.